The fraction of sp³-hybridized carbons (Fsp3) is 0.100. The molecule has 0 aromatic heterocycles. The summed E-state index contributed by atoms with van der Waals surface area (Å²) < 4.78 is 5.55. The zero-order valence-electron chi connectivity index (χ0n) is 14.6. The molecule has 3 aromatic rings. The van der Waals surface area contributed by atoms with Crippen molar-refractivity contribution in [2.45, 2.75) is 0 Å². The molecule has 0 spiro atoms. The van der Waals surface area contributed by atoms with Crippen molar-refractivity contribution in [1.82, 2.24) is 5.43 Å². The van der Waals surface area contributed by atoms with Gasteiger partial charge >= 0.3 is 0 Å². The van der Waals surface area contributed by atoms with Gasteiger partial charge in [-0.25, -0.2) is 5.43 Å². The number of hydrazone groups is 1. The number of nitrogens with zero attached hydrogens (tertiary/aromatic N) is 1. The van der Waals surface area contributed by atoms with Crippen LogP contribution >= 0.6 is 15.9 Å². The number of ether oxygens (including phenoxy) is 1. The highest BCUT2D eigenvalue weighted by Crippen LogP contribution is 2.34. The molecule has 27 heavy (non-hydrogen) atoms. The van der Waals surface area contributed by atoms with Gasteiger partial charge in [0, 0.05) is 5.69 Å². The molecule has 0 atom stereocenters. The molecule has 3 rings (SSSR count). The predicted octanol–water partition coefficient (Wildman–Crippen LogP) is 3.88. The molecule has 7 heteroatoms. The lowest BCUT2D eigenvalue weighted by Gasteiger charge is -2.07. The van der Waals surface area contributed by atoms with Crippen molar-refractivity contribution >= 4 is 44.5 Å². The van der Waals surface area contributed by atoms with Crippen LogP contribution in [-0.2, 0) is 4.79 Å². The van der Waals surface area contributed by atoms with Gasteiger partial charge in [0.2, 0.25) is 0 Å². The van der Waals surface area contributed by atoms with Crippen LogP contribution < -0.4 is 15.5 Å². The number of halogens is 1. The average Bonchev–Trinajstić information content (AvgIpc) is 2.68. The van der Waals surface area contributed by atoms with E-state index in [4.69, 9.17) is 4.74 Å². The number of fused-ring (bicyclic) bond motifs is 1. The molecule has 0 unspecified atom stereocenters. The molecule has 6 nitrogen and oxygen atoms in total. The van der Waals surface area contributed by atoms with Crippen LogP contribution in [0.1, 0.15) is 5.56 Å². The Morgan fingerprint density at radius 3 is 2.74 bits per heavy atom. The molecule has 0 aliphatic carbocycles. The van der Waals surface area contributed by atoms with Gasteiger partial charge in [0.25, 0.3) is 5.91 Å². The maximum absolute atomic E-state index is 12.0. The van der Waals surface area contributed by atoms with Crippen LogP contribution in [0.5, 0.6) is 11.5 Å². The molecule has 0 saturated carbocycles. The van der Waals surface area contributed by atoms with E-state index in [0.29, 0.717) is 15.8 Å². The summed E-state index contributed by atoms with van der Waals surface area (Å²) in [5.74, 6) is 0.0533. The molecule has 0 heterocycles. The second-order valence-corrected chi connectivity index (χ2v) is 6.62. The molecule has 1 amide bonds. The summed E-state index contributed by atoms with van der Waals surface area (Å²) in [6.07, 6.45) is 1.47. The highest BCUT2D eigenvalue weighted by molar-refractivity contribution is 9.10. The van der Waals surface area contributed by atoms with Gasteiger partial charge in [0.1, 0.15) is 0 Å². The van der Waals surface area contributed by atoms with Gasteiger partial charge in [0.15, 0.2) is 11.5 Å². The van der Waals surface area contributed by atoms with Gasteiger partial charge < -0.3 is 15.2 Å². The van der Waals surface area contributed by atoms with E-state index in [1.165, 1.54) is 13.3 Å². The Morgan fingerprint density at radius 1 is 1.19 bits per heavy atom. The summed E-state index contributed by atoms with van der Waals surface area (Å²) in [7, 11) is 1.46. The second-order valence-electron chi connectivity index (χ2n) is 5.76. The smallest absolute Gasteiger partial charge is 0.259 e. The summed E-state index contributed by atoms with van der Waals surface area (Å²) in [6.45, 7) is 0.0955. The third-order valence-electron chi connectivity index (χ3n) is 3.88. The summed E-state index contributed by atoms with van der Waals surface area (Å²) in [5.41, 5.74) is 3.99. The number of carbonyl (C=O) groups is 1. The molecule has 0 saturated heterocycles. The molecule has 138 valence electrons. The standard InChI is InChI=1S/C20H18BrN3O3/c1-27-18-9-13(8-17(21)20(18)26)11-23-24-19(25)12-22-16-7-6-14-4-2-3-5-15(14)10-16/h2-11,22,26H,12H2,1H3,(H,24,25). The Labute approximate surface area is 165 Å². The van der Waals surface area contributed by atoms with Crippen LogP contribution in [0.25, 0.3) is 10.8 Å². The number of methoxy groups -OCH3 is 1. The fourth-order valence-corrected chi connectivity index (χ4v) is 2.98. The number of benzene rings is 3. The van der Waals surface area contributed by atoms with Gasteiger partial charge in [0.05, 0.1) is 24.3 Å². The summed E-state index contributed by atoms with van der Waals surface area (Å²) in [4.78, 5) is 12.0. The van der Waals surface area contributed by atoms with Crippen molar-refractivity contribution in [2.75, 3.05) is 19.0 Å². The number of phenols is 1. The Bertz CT molecular complexity index is 1000. The van der Waals surface area contributed by atoms with E-state index >= 15 is 0 Å². The zero-order valence-corrected chi connectivity index (χ0v) is 16.2. The first-order chi connectivity index (χ1) is 13.1. The predicted molar refractivity (Wildman–Crippen MR) is 111 cm³/mol. The number of hydrogen-bond acceptors (Lipinski definition) is 5. The van der Waals surface area contributed by atoms with Crippen molar-refractivity contribution in [3.05, 3.63) is 64.6 Å². The molecule has 3 N–H and O–H groups in total. The third-order valence-corrected chi connectivity index (χ3v) is 4.48. The van der Waals surface area contributed by atoms with Gasteiger partial charge in [-0.15, -0.1) is 0 Å². The van der Waals surface area contributed by atoms with Gasteiger partial charge in [-0.3, -0.25) is 4.79 Å². The number of phenolic OH excluding ortho intramolecular Hbond substituents is 1. The van der Waals surface area contributed by atoms with Crippen LogP contribution in [0.2, 0.25) is 0 Å². The number of rotatable bonds is 6. The SMILES string of the molecule is COc1cc(C=NNC(=O)CNc2ccc3ccccc3c2)cc(Br)c1O. The van der Waals surface area contributed by atoms with Crippen molar-refractivity contribution in [3.63, 3.8) is 0 Å². The average molecular weight is 428 g/mol. The highest BCUT2D eigenvalue weighted by atomic mass is 79.9. The topological polar surface area (TPSA) is 83.0 Å². The Hall–Kier alpha value is -3.06. The van der Waals surface area contributed by atoms with Gasteiger partial charge in [-0.05, 0) is 56.5 Å². The van der Waals surface area contributed by atoms with Crippen LogP contribution in [0.4, 0.5) is 5.69 Å². The number of carbonyl (C=O) groups excluding carboxylic acids is 1. The van der Waals surface area contributed by atoms with E-state index in [1.54, 1.807) is 12.1 Å². The Kier molecular flexibility index (Phi) is 5.93. The molecule has 0 bridgehead atoms. The maximum atomic E-state index is 12.0. The minimum atomic E-state index is -0.274. The van der Waals surface area contributed by atoms with Crippen LogP contribution in [0.15, 0.2) is 64.2 Å². The van der Waals surface area contributed by atoms with Crippen LogP contribution in [-0.4, -0.2) is 30.9 Å². The number of amides is 1. The fourth-order valence-electron chi connectivity index (χ4n) is 2.52. The van der Waals surface area contributed by atoms with Crippen molar-refractivity contribution < 1.29 is 14.6 Å². The lowest BCUT2D eigenvalue weighted by molar-refractivity contribution is -0.119. The van der Waals surface area contributed by atoms with Crippen molar-refractivity contribution in [1.29, 1.82) is 0 Å². The van der Waals surface area contributed by atoms with E-state index in [-0.39, 0.29) is 18.2 Å². The minimum Gasteiger partial charge on any atom is -0.503 e. The number of aromatic hydroxyl groups is 1. The third kappa shape index (κ3) is 4.77. The first kappa shape index (κ1) is 18.7. The summed E-state index contributed by atoms with van der Waals surface area (Å²) >= 11 is 3.24. The largest absolute Gasteiger partial charge is 0.503 e. The lowest BCUT2D eigenvalue weighted by atomic mass is 10.1. The van der Waals surface area contributed by atoms with Gasteiger partial charge in [-0.2, -0.15) is 5.10 Å². The quantitative estimate of drug-likeness (QED) is 0.411. The number of nitrogens with one attached hydrogen (secondary N) is 2. The molecule has 3 aromatic carbocycles. The number of anilines is 1. The van der Waals surface area contributed by atoms with E-state index < -0.39 is 0 Å². The lowest BCUT2D eigenvalue weighted by Crippen LogP contribution is -2.25. The van der Waals surface area contributed by atoms with E-state index in [0.717, 1.165) is 16.5 Å². The molecule has 0 fully saturated rings. The van der Waals surface area contributed by atoms with E-state index in [9.17, 15) is 9.90 Å². The van der Waals surface area contributed by atoms with Gasteiger partial charge in [-0.1, -0.05) is 30.3 Å². The Morgan fingerprint density at radius 2 is 1.96 bits per heavy atom. The second kappa shape index (κ2) is 8.55. The first-order valence-electron chi connectivity index (χ1n) is 8.18. The summed E-state index contributed by atoms with van der Waals surface area (Å²) in [6, 6.07) is 17.2. The van der Waals surface area contributed by atoms with Crippen molar-refractivity contribution in [2.24, 2.45) is 5.10 Å². The van der Waals surface area contributed by atoms with E-state index in [1.807, 2.05) is 42.5 Å². The summed E-state index contributed by atoms with van der Waals surface area (Å²) in [5, 5.41) is 19.0. The molecule has 0 radical (unpaired) electrons. The van der Waals surface area contributed by atoms with Crippen LogP contribution in [0.3, 0.4) is 0 Å². The zero-order chi connectivity index (χ0) is 19.2. The Balaban J connectivity index is 1.56. The molecule has 0 aliphatic heterocycles. The van der Waals surface area contributed by atoms with Crippen molar-refractivity contribution in [3.8, 4) is 11.5 Å². The highest BCUT2D eigenvalue weighted by Gasteiger charge is 2.07. The van der Waals surface area contributed by atoms with Crippen LogP contribution in [0, 0.1) is 0 Å². The first-order valence-corrected chi connectivity index (χ1v) is 8.97. The molecular formula is C20H18BrN3O3. The maximum Gasteiger partial charge on any atom is 0.259 e. The minimum absolute atomic E-state index is 0.0123. The van der Waals surface area contributed by atoms with E-state index in [2.05, 4.69) is 31.8 Å². The number of hydrogen-bond donors (Lipinski definition) is 3. The molecule has 0 aliphatic rings. The molecular weight excluding hydrogens is 410 g/mol. The monoisotopic (exact) mass is 427 g/mol. The normalized spacial score (nSPS) is 10.9.